The molecule has 0 aromatic heterocycles. The van der Waals surface area contributed by atoms with Crippen molar-refractivity contribution in [2.24, 2.45) is 0 Å². The molecule has 1 fully saturated rings. The summed E-state index contributed by atoms with van der Waals surface area (Å²) in [6, 6.07) is 8.38. The summed E-state index contributed by atoms with van der Waals surface area (Å²) < 4.78 is 32.7. The number of hydrogen-bond acceptors (Lipinski definition) is 3. The number of piperidine rings is 1. The van der Waals surface area contributed by atoms with Crippen LogP contribution in [0.5, 0.6) is 5.75 Å². The van der Waals surface area contributed by atoms with Crippen molar-refractivity contribution in [3.8, 4) is 5.75 Å². The highest BCUT2D eigenvalue weighted by Gasteiger charge is 2.46. The van der Waals surface area contributed by atoms with Crippen LogP contribution in [0.15, 0.2) is 49.1 Å². The van der Waals surface area contributed by atoms with Crippen LogP contribution in [0.2, 0.25) is 0 Å². The van der Waals surface area contributed by atoms with Gasteiger partial charge in [-0.1, -0.05) is 6.08 Å². The Hall–Kier alpha value is -2.93. The van der Waals surface area contributed by atoms with Crippen molar-refractivity contribution in [2.75, 3.05) is 43.5 Å². The number of fused-ring (bicyclic) bond motifs is 2. The second kappa shape index (κ2) is 8.07. The van der Waals surface area contributed by atoms with Gasteiger partial charge in [0.15, 0.2) is 0 Å². The molecule has 1 saturated heterocycles. The van der Waals surface area contributed by atoms with Gasteiger partial charge in [0.2, 0.25) is 0 Å². The minimum absolute atomic E-state index is 0.0433. The standard InChI is InChI=1S/C23H25F2N3O2/c1-3-10-27-11-8-23(9-12-27)15-28(21-7-5-17(30-2)14-18(21)23)22(29)26-20-6-4-16(24)13-19(20)25/h3-7,13-14H,1,8-12,15H2,2H3,(H,26,29). The number of rotatable bonds is 4. The lowest BCUT2D eigenvalue weighted by molar-refractivity contribution is 0.180. The highest BCUT2D eigenvalue weighted by molar-refractivity contribution is 6.03. The van der Waals surface area contributed by atoms with E-state index in [1.165, 1.54) is 6.07 Å². The molecule has 0 aliphatic carbocycles. The molecular weight excluding hydrogens is 388 g/mol. The van der Waals surface area contributed by atoms with Gasteiger partial charge in [-0.25, -0.2) is 13.6 Å². The summed E-state index contributed by atoms with van der Waals surface area (Å²) in [6.45, 7) is 6.98. The summed E-state index contributed by atoms with van der Waals surface area (Å²) >= 11 is 0. The van der Waals surface area contributed by atoms with Crippen LogP contribution >= 0.6 is 0 Å². The molecule has 30 heavy (non-hydrogen) atoms. The normalized spacial score (nSPS) is 17.6. The zero-order valence-corrected chi connectivity index (χ0v) is 17.0. The third-order valence-electron chi connectivity index (χ3n) is 6.14. The first kappa shape index (κ1) is 20.3. The minimum atomic E-state index is -0.801. The van der Waals surface area contributed by atoms with Crippen LogP contribution in [0.3, 0.4) is 0 Å². The second-order valence-electron chi connectivity index (χ2n) is 7.89. The molecule has 0 bridgehead atoms. The maximum atomic E-state index is 14.1. The molecule has 158 valence electrons. The Kier molecular flexibility index (Phi) is 5.47. The molecule has 2 aliphatic heterocycles. The van der Waals surface area contributed by atoms with Crippen LogP contribution in [0, 0.1) is 11.6 Å². The largest absolute Gasteiger partial charge is 0.497 e. The van der Waals surface area contributed by atoms with E-state index < -0.39 is 17.7 Å². The van der Waals surface area contributed by atoms with Crippen LogP contribution in [0.4, 0.5) is 25.0 Å². The van der Waals surface area contributed by atoms with Crippen LogP contribution in [0.25, 0.3) is 0 Å². The zero-order chi connectivity index (χ0) is 21.3. The number of urea groups is 1. The molecule has 0 atom stereocenters. The van der Waals surface area contributed by atoms with Crippen molar-refractivity contribution < 1.29 is 18.3 Å². The van der Waals surface area contributed by atoms with Gasteiger partial charge in [0.05, 0.1) is 12.8 Å². The van der Waals surface area contributed by atoms with Gasteiger partial charge in [-0.2, -0.15) is 0 Å². The zero-order valence-electron chi connectivity index (χ0n) is 17.0. The fourth-order valence-corrected chi connectivity index (χ4v) is 4.50. The summed E-state index contributed by atoms with van der Waals surface area (Å²) in [6.07, 6.45) is 3.70. The van der Waals surface area contributed by atoms with Crippen LogP contribution in [-0.4, -0.2) is 44.2 Å². The van der Waals surface area contributed by atoms with Gasteiger partial charge in [0, 0.05) is 30.3 Å². The lowest BCUT2D eigenvalue weighted by Crippen LogP contribution is -2.46. The maximum absolute atomic E-state index is 14.1. The monoisotopic (exact) mass is 413 g/mol. The Morgan fingerprint density at radius 2 is 2.00 bits per heavy atom. The fraction of sp³-hybridized carbons (Fsp3) is 0.348. The molecule has 2 aliphatic rings. The number of anilines is 2. The Morgan fingerprint density at radius 3 is 2.67 bits per heavy atom. The molecule has 1 N–H and O–H groups in total. The van der Waals surface area contributed by atoms with Crippen LogP contribution in [-0.2, 0) is 5.41 Å². The topological polar surface area (TPSA) is 44.8 Å². The Balaban J connectivity index is 1.62. The van der Waals surface area contributed by atoms with E-state index in [4.69, 9.17) is 4.74 Å². The fourth-order valence-electron chi connectivity index (χ4n) is 4.50. The van der Waals surface area contributed by atoms with Gasteiger partial charge in [-0.3, -0.25) is 9.80 Å². The number of ether oxygens (including phenoxy) is 1. The smallest absolute Gasteiger partial charge is 0.326 e. The maximum Gasteiger partial charge on any atom is 0.326 e. The van der Waals surface area contributed by atoms with Gasteiger partial charge in [-0.05, 0) is 61.8 Å². The van der Waals surface area contributed by atoms with Crippen molar-refractivity contribution in [1.82, 2.24) is 4.90 Å². The predicted molar refractivity (Wildman–Crippen MR) is 113 cm³/mol. The average molecular weight is 413 g/mol. The van der Waals surface area contributed by atoms with E-state index in [1.54, 1.807) is 12.0 Å². The van der Waals surface area contributed by atoms with E-state index >= 15 is 0 Å². The predicted octanol–water partition coefficient (Wildman–Crippen LogP) is 4.55. The van der Waals surface area contributed by atoms with Crippen molar-refractivity contribution in [1.29, 1.82) is 0 Å². The molecular formula is C23H25F2N3O2. The van der Waals surface area contributed by atoms with Crippen molar-refractivity contribution >= 4 is 17.4 Å². The summed E-state index contributed by atoms with van der Waals surface area (Å²) in [4.78, 5) is 17.1. The Labute approximate surface area is 174 Å². The van der Waals surface area contributed by atoms with E-state index in [2.05, 4.69) is 16.8 Å². The highest BCUT2D eigenvalue weighted by atomic mass is 19.1. The molecule has 0 saturated carbocycles. The molecule has 1 spiro atoms. The number of carbonyl (C=O) groups excluding carboxylic acids is 1. The number of nitrogens with zero attached hydrogens (tertiary/aromatic N) is 2. The highest BCUT2D eigenvalue weighted by Crippen LogP contribution is 2.48. The number of likely N-dealkylation sites (tertiary alicyclic amines) is 1. The third kappa shape index (κ3) is 3.65. The van der Waals surface area contributed by atoms with Gasteiger partial charge in [0.25, 0.3) is 0 Å². The summed E-state index contributed by atoms with van der Waals surface area (Å²) in [7, 11) is 1.62. The number of nitrogens with one attached hydrogen (secondary N) is 1. The molecule has 7 heteroatoms. The Bertz CT molecular complexity index is 971. The molecule has 2 aromatic carbocycles. The van der Waals surface area contributed by atoms with Crippen molar-refractivity contribution in [3.05, 3.63) is 66.3 Å². The van der Waals surface area contributed by atoms with E-state index in [0.717, 1.165) is 61.6 Å². The molecule has 0 unspecified atom stereocenters. The average Bonchev–Trinajstić information content (AvgIpc) is 3.05. The van der Waals surface area contributed by atoms with Crippen molar-refractivity contribution in [3.63, 3.8) is 0 Å². The number of hydrogen-bond donors (Lipinski definition) is 1. The first-order valence-corrected chi connectivity index (χ1v) is 10.0. The summed E-state index contributed by atoms with van der Waals surface area (Å²) in [5.41, 5.74) is 1.65. The van der Waals surface area contributed by atoms with E-state index in [-0.39, 0.29) is 11.1 Å². The summed E-state index contributed by atoms with van der Waals surface area (Å²) in [5.74, 6) is -0.743. The molecule has 2 aromatic rings. The first-order chi connectivity index (χ1) is 14.5. The SMILES string of the molecule is C=CCN1CCC2(CC1)CN(C(=O)Nc1ccc(F)cc1F)c1ccc(OC)cc12. The van der Waals surface area contributed by atoms with Crippen LogP contribution in [0.1, 0.15) is 18.4 Å². The number of carbonyl (C=O) groups is 1. The molecule has 2 heterocycles. The first-order valence-electron chi connectivity index (χ1n) is 10.0. The minimum Gasteiger partial charge on any atom is -0.497 e. The van der Waals surface area contributed by atoms with Crippen LogP contribution < -0.4 is 15.0 Å². The van der Waals surface area contributed by atoms with Gasteiger partial charge in [-0.15, -0.1) is 6.58 Å². The molecule has 5 nitrogen and oxygen atoms in total. The van der Waals surface area contributed by atoms with Gasteiger partial charge < -0.3 is 10.1 Å². The number of benzene rings is 2. The quantitative estimate of drug-likeness (QED) is 0.749. The van der Waals surface area contributed by atoms with E-state index in [9.17, 15) is 13.6 Å². The lowest BCUT2D eigenvalue weighted by Gasteiger charge is -2.39. The number of amides is 2. The number of halogens is 2. The van der Waals surface area contributed by atoms with Gasteiger partial charge in [0.1, 0.15) is 17.4 Å². The van der Waals surface area contributed by atoms with E-state index in [1.807, 2.05) is 24.3 Å². The molecule has 0 radical (unpaired) electrons. The van der Waals surface area contributed by atoms with E-state index in [0.29, 0.717) is 6.54 Å². The molecule has 4 rings (SSSR count). The lowest BCUT2D eigenvalue weighted by atomic mass is 9.74. The van der Waals surface area contributed by atoms with Gasteiger partial charge >= 0.3 is 6.03 Å². The Morgan fingerprint density at radius 1 is 1.23 bits per heavy atom. The summed E-state index contributed by atoms with van der Waals surface area (Å²) in [5, 5.41) is 2.59. The molecule has 2 amide bonds. The third-order valence-corrected chi connectivity index (χ3v) is 6.14. The second-order valence-corrected chi connectivity index (χ2v) is 7.89. The number of methoxy groups -OCH3 is 1. The van der Waals surface area contributed by atoms with Crippen molar-refractivity contribution in [2.45, 2.75) is 18.3 Å².